The maximum atomic E-state index is 11.3. The van der Waals surface area contributed by atoms with Crippen LogP contribution >= 0.6 is 0 Å². The van der Waals surface area contributed by atoms with Gasteiger partial charge in [0.15, 0.2) is 0 Å². The lowest BCUT2D eigenvalue weighted by Gasteiger charge is -2.45. The van der Waals surface area contributed by atoms with Gasteiger partial charge in [-0.15, -0.1) is 0 Å². The van der Waals surface area contributed by atoms with Crippen molar-refractivity contribution in [2.24, 2.45) is 17.8 Å². The molecule has 0 spiro atoms. The molecule has 2 aliphatic carbocycles. The van der Waals surface area contributed by atoms with Gasteiger partial charge in [0.05, 0.1) is 12.0 Å². The van der Waals surface area contributed by atoms with Gasteiger partial charge in [-0.05, 0) is 37.3 Å². The van der Waals surface area contributed by atoms with Crippen molar-refractivity contribution in [2.75, 3.05) is 20.7 Å². The molecule has 0 aromatic carbocycles. The Morgan fingerprint density at radius 2 is 2.25 bits per heavy atom. The number of hydrogen-bond acceptors (Lipinski definition) is 3. The lowest BCUT2D eigenvalue weighted by molar-refractivity contribution is -0.143. The molecule has 4 heteroatoms. The average Bonchev–Trinajstić information content (AvgIpc) is 2.44. The van der Waals surface area contributed by atoms with E-state index < -0.39 is 5.97 Å². The number of carboxylic acid groups (broad SMARTS) is 1. The van der Waals surface area contributed by atoms with Gasteiger partial charge in [-0.2, -0.15) is 0 Å². The van der Waals surface area contributed by atoms with E-state index in [1.807, 2.05) is 7.05 Å². The second-order valence-corrected chi connectivity index (χ2v) is 6.32. The zero-order valence-electron chi connectivity index (χ0n) is 12.2. The minimum Gasteiger partial charge on any atom is -0.481 e. The number of ether oxygens (including phenoxy) is 1. The molecular weight excluding hydrogens is 254 g/mol. The van der Waals surface area contributed by atoms with Crippen molar-refractivity contribution in [2.45, 2.75) is 31.8 Å². The highest BCUT2D eigenvalue weighted by molar-refractivity contribution is 5.70. The fourth-order valence-corrected chi connectivity index (χ4v) is 4.11. The summed E-state index contributed by atoms with van der Waals surface area (Å²) >= 11 is 0. The van der Waals surface area contributed by atoms with Gasteiger partial charge in [0.1, 0.15) is 0 Å². The Morgan fingerprint density at radius 3 is 2.95 bits per heavy atom. The van der Waals surface area contributed by atoms with Crippen LogP contribution in [-0.2, 0) is 9.53 Å². The third-order valence-electron chi connectivity index (χ3n) is 5.14. The van der Waals surface area contributed by atoms with Gasteiger partial charge >= 0.3 is 5.97 Å². The number of fused-ring (bicyclic) bond motifs is 2. The van der Waals surface area contributed by atoms with Crippen LogP contribution in [0.5, 0.6) is 0 Å². The zero-order valence-corrected chi connectivity index (χ0v) is 12.2. The monoisotopic (exact) mass is 277 g/mol. The Balaban J connectivity index is 1.87. The molecule has 0 aromatic heterocycles. The molecule has 4 atom stereocenters. The van der Waals surface area contributed by atoms with Gasteiger partial charge in [-0.1, -0.05) is 6.08 Å². The summed E-state index contributed by atoms with van der Waals surface area (Å²) in [6.07, 6.45) is 8.89. The SMILES string of the molecule is COC1CCC=C2C=C3C(CC(C(=O)O)CN3C)CC21. The summed E-state index contributed by atoms with van der Waals surface area (Å²) in [5, 5.41) is 9.29. The van der Waals surface area contributed by atoms with Crippen molar-refractivity contribution >= 4 is 5.97 Å². The number of likely N-dealkylation sites (tertiary alicyclic amines) is 1. The molecule has 20 heavy (non-hydrogen) atoms. The maximum Gasteiger partial charge on any atom is 0.308 e. The lowest BCUT2D eigenvalue weighted by atomic mass is 9.70. The second-order valence-electron chi connectivity index (χ2n) is 6.32. The van der Waals surface area contributed by atoms with Crippen LogP contribution in [-0.4, -0.2) is 42.8 Å². The van der Waals surface area contributed by atoms with Crippen LogP contribution in [0, 0.1) is 17.8 Å². The number of carbonyl (C=O) groups is 1. The van der Waals surface area contributed by atoms with Crippen LogP contribution < -0.4 is 0 Å². The van der Waals surface area contributed by atoms with E-state index in [2.05, 4.69) is 17.1 Å². The van der Waals surface area contributed by atoms with E-state index in [1.165, 1.54) is 11.3 Å². The summed E-state index contributed by atoms with van der Waals surface area (Å²) in [5.74, 6) is -0.0855. The number of carboxylic acids is 1. The predicted octanol–water partition coefficient (Wildman–Crippen LogP) is 2.28. The van der Waals surface area contributed by atoms with E-state index in [-0.39, 0.29) is 5.92 Å². The van der Waals surface area contributed by atoms with Crippen LogP contribution in [0.4, 0.5) is 0 Å². The van der Waals surface area contributed by atoms with Gasteiger partial charge in [0, 0.05) is 38.2 Å². The van der Waals surface area contributed by atoms with E-state index in [9.17, 15) is 9.90 Å². The quantitative estimate of drug-likeness (QED) is 0.841. The molecule has 3 aliphatic rings. The van der Waals surface area contributed by atoms with E-state index in [4.69, 9.17) is 4.74 Å². The maximum absolute atomic E-state index is 11.3. The summed E-state index contributed by atoms with van der Waals surface area (Å²) in [5.41, 5.74) is 2.72. The van der Waals surface area contributed by atoms with Crippen LogP contribution in [0.15, 0.2) is 23.4 Å². The molecule has 4 unspecified atom stereocenters. The normalized spacial score (nSPS) is 36.6. The molecule has 0 saturated carbocycles. The summed E-state index contributed by atoms with van der Waals surface area (Å²) in [6.45, 7) is 0.628. The smallest absolute Gasteiger partial charge is 0.308 e. The van der Waals surface area contributed by atoms with Gasteiger partial charge in [0.25, 0.3) is 0 Å². The molecule has 1 aliphatic heterocycles. The van der Waals surface area contributed by atoms with Crippen LogP contribution in [0.3, 0.4) is 0 Å². The molecule has 1 heterocycles. The first-order valence-corrected chi connectivity index (χ1v) is 7.48. The van der Waals surface area contributed by atoms with Gasteiger partial charge in [0.2, 0.25) is 0 Å². The van der Waals surface area contributed by atoms with E-state index in [0.29, 0.717) is 24.5 Å². The third-order valence-corrected chi connectivity index (χ3v) is 5.14. The summed E-state index contributed by atoms with van der Waals surface area (Å²) in [4.78, 5) is 13.4. The number of piperidine rings is 1. The summed E-state index contributed by atoms with van der Waals surface area (Å²) < 4.78 is 5.64. The highest BCUT2D eigenvalue weighted by Crippen LogP contribution is 2.44. The first-order valence-electron chi connectivity index (χ1n) is 7.48. The summed E-state index contributed by atoms with van der Waals surface area (Å²) in [7, 11) is 3.81. The Hall–Kier alpha value is -1.29. The molecule has 0 radical (unpaired) electrons. The van der Waals surface area contributed by atoms with Crippen molar-refractivity contribution in [3.8, 4) is 0 Å². The highest BCUT2D eigenvalue weighted by atomic mass is 16.5. The van der Waals surface area contributed by atoms with Gasteiger partial charge < -0.3 is 14.7 Å². The first kappa shape index (κ1) is 13.7. The molecule has 1 N–H and O–H groups in total. The largest absolute Gasteiger partial charge is 0.481 e. The fourth-order valence-electron chi connectivity index (χ4n) is 4.11. The molecule has 110 valence electrons. The Kier molecular flexibility index (Phi) is 3.59. The topological polar surface area (TPSA) is 49.8 Å². The van der Waals surface area contributed by atoms with Crippen molar-refractivity contribution in [3.05, 3.63) is 23.4 Å². The minimum atomic E-state index is -0.663. The second kappa shape index (κ2) is 5.24. The Morgan fingerprint density at radius 1 is 1.45 bits per heavy atom. The molecular formula is C16H23NO3. The standard InChI is InChI=1S/C16H23NO3/c1-17-9-12(16(18)19)6-11-7-13-10(8-14(11)17)4-3-5-15(13)20-2/h4,8,11-13,15H,3,5-7,9H2,1-2H3,(H,18,19). The van der Waals surface area contributed by atoms with E-state index >= 15 is 0 Å². The van der Waals surface area contributed by atoms with Gasteiger partial charge in [-0.25, -0.2) is 0 Å². The zero-order chi connectivity index (χ0) is 14.3. The number of aliphatic carboxylic acids is 1. The van der Waals surface area contributed by atoms with Crippen LogP contribution in [0.1, 0.15) is 25.7 Å². The molecule has 1 fully saturated rings. The number of allylic oxidation sites excluding steroid dienone is 3. The molecule has 1 saturated heterocycles. The van der Waals surface area contributed by atoms with Crippen LogP contribution in [0.25, 0.3) is 0 Å². The molecule has 4 nitrogen and oxygen atoms in total. The van der Waals surface area contributed by atoms with Crippen LogP contribution in [0.2, 0.25) is 0 Å². The van der Waals surface area contributed by atoms with Gasteiger partial charge in [-0.3, -0.25) is 4.79 Å². The Labute approximate surface area is 120 Å². The van der Waals surface area contributed by atoms with Crippen molar-refractivity contribution < 1.29 is 14.6 Å². The Bertz CT molecular complexity index is 468. The van der Waals surface area contributed by atoms with Crippen molar-refractivity contribution in [1.29, 1.82) is 0 Å². The minimum absolute atomic E-state index is 0.239. The number of hydrogen-bond donors (Lipinski definition) is 1. The molecule has 3 rings (SSSR count). The average molecular weight is 277 g/mol. The lowest BCUT2D eigenvalue weighted by Crippen LogP contribution is -2.43. The van der Waals surface area contributed by atoms with Crippen molar-refractivity contribution in [1.82, 2.24) is 4.90 Å². The molecule has 0 bridgehead atoms. The first-order chi connectivity index (χ1) is 9.60. The van der Waals surface area contributed by atoms with E-state index in [1.54, 1.807) is 7.11 Å². The third kappa shape index (κ3) is 2.26. The fraction of sp³-hybridized carbons (Fsp3) is 0.688. The molecule has 0 amide bonds. The molecule has 0 aromatic rings. The number of rotatable bonds is 2. The highest BCUT2D eigenvalue weighted by Gasteiger charge is 2.40. The number of methoxy groups -OCH3 is 1. The van der Waals surface area contributed by atoms with Crippen molar-refractivity contribution in [3.63, 3.8) is 0 Å². The van der Waals surface area contributed by atoms with E-state index in [0.717, 1.165) is 25.7 Å². The summed E-state index contributed by atoms with van der Waals surface area (Å²) in [6, 6.07) is 0. The predicted molar refractivity (Wildman–Crippen MR) is 76.2 cm³/mol. The number of nitrogens with zero attached hydrogens (tertiary/aromatic N) is 1.